The summed E-state index contributed by atoms with van der Waals surface area (Å²) in [6, 6.07) is 15.7. The fourth-order valence-electron chi connectivity index (χ4n) is 2.32. The second kappa shape index (κ2) is 9.17. The standard InChI is InChI=1S/C19H18Br2N2O2/c20-14-5-7-16(17(21)12-14)18-8-6-15(25-18)13-22-9-3-11-24-19-4-1-2-10-23-19/h1-2,4-8,10,12,22H,3,9,11,13H2. The van der Waals surface area contributed by atoms with E-state index in [-0.39, 0.29) is 0 Å². The zero-order valence-corrected chi connectivity index (χ0v) is 16.7. The third kappa shape index (κ3) is 5.42. The molecule has 2 heterocycles. The van der Waals surface area contributed by atoms with Gasteiger partial charge in [-0.15, -0.1) is 0 Å². The summed E-state index contributed by atoms with van der Waals surface area (Å²) in [5.41, 5.74) is 1.04. The Balaban J connectivity index is 1.41. The third-order valence-electron chi connectivity index (χ3n) is 3.54. The van der Waals surface area contributed by atoms with E-state index in [0.717, 1.165) is 39.0 Å². The van der Waals surface area contributed by atoms with Crippen LogP contribution in [0.2, 0.25) is 0 Å². The lowest BCUT2D eigenvalue weighted by molar-refractivity contribution is 0.296. The van der Waals surface area contributed by atoms with Gasteiger partial charge in [-0.25, -0.2) is 4.98 Å². The fourth-order valence-corrected chi connectivity index (χ4v) is 3.57. The van der Waals surface area contributed by atoms with Crippen LogP contribution in [0, 0.1) is 0 Å². The van der Waals surface area contributed by atoms with Crippen molar-refractivity contribution in [2.45, 2.75) is 13.0 Å². The lowest BCUT2D eigenvalue weighted by Gasteiger charge is -2.05. The number of halogens is 2. The van der Waals surface area contributed by atoms with Gasteiger partial charge in [0, 0.05) is 26.8 Å². The van der Waals surface area contributed by atoms with Crippen LogP contribution in [0.25, 0.3) is 11.3 Å². The van der Waals surface area contributed by atoms with Gasteiger partial charge in [0.25, 0.3) is 0 Å². The van der Waals surface area contributed by atoms with E-state index in [1.807, 2.05) is 48.5 Å². The Labute approximate surface area is 163 Å². The van der Waals surface area contributed by atoms with Gasteiger partial charge in [-0.1, -0.05) is 22.0 Å². The van der Waals surface area contributed by atoms with Gasteiger partial charge in [0.15, 0.2) is 0 Å². The quantitative estimate of drug-likeness (QED) is 0.451. The van der Waals surface area contributed by atoms with Gasteiger partial charge in [0.1, 0.15) is 11.5 Å². The average Bonchev–Trinajstić information content (AvgIpc) is 3.07. The fraction of sp³-hybridized carbons (Fsp3) is 0.211. The highest BCUT2D eigenvalue weighted by atomic mass is 79.9. The van der Waals surface area contributed by atoms with Crippen LogP contribution in [-0.4, -0.2) is 18.1 Å². The summed E-state index contributed by atoms with van der Waals surface area (Å²) in [4.78, 5) is 4.12. The number of hydrogen-bond donors (Lipinski definition) is 1. The molecule has 3 rings (SSSR count). The highest BCUT2D eigenvalue weighted by molar-refractivity contribution is 9.11. The minimum absolute atomic E-state index is 0.638. The van der Waals surface area contributed by atoms with Gasteiger partial charge in [-0.2, -0.15) is 0 Å². The van der Waals surface area contributed by atoms with Gasteiger partial charge >= 0.3 is 0 Å². The van der Waals surface area contributed by atoms with Crippen LogP contribution in [0.3, 0.4) is 0 Å². The molecule has 130 valence electrons. The molecule has 6 heteroatoms. The Morgan fingerprint density at radius 1 is 1.08 bits per heavy atom. The Hall–Kier alpha value is -1.63. The summed E-state index contributed by atoms with van der Waals surface area (Å²) in [5.74, 6) is 2.43. The molecule has 0 saturated carbocycles. The molecular formula is C19H18Br2N2O2. The summed E-state index contributed by atoms with van der Waals surface area (Å²) in [7, 11) is 0. The molecule has 0 aliphatic rings. The van der Waals surface area contributed by atoms with Crippen molar-refractivity contribution in [3.05, 3.63) is 69.4 Å². The molecule has 0 atom stereocenters. The van der Waals surface area contributed by atoms with E-state index in [1.165, 1.54) is 0 Å². The zero-order valence-electron chi connectivity index (χ0n) is 13.5. The average molecular weight is 466 g/mol. The first-order valence-corrected chi connectivity index (χ1v) is 9.59. The number of pyridine rings is 1. The minimum Gasteiger partial charge on any atom is -0.478 e. The number of furan rings is 1. The van der Waals surface area contributed by atoms with Crippen molar-refractivity contribution in [3.8, 4) is 17.2 Å². The van der Waals surface area contributed by atoms with Crippen LogP contribution in [0.5, 0.6) is 5.88 Å². The maximum Gasteiger partial charge on any atom is 0.213 e. The highest BCUT2D eigenvalue weighted by Crippen LogP contribution is 2.31. The second-order valence-corrected chi connectivity index (χ2v) is 7.21. The molecule has 3 aromatic rings. The van der Waals surface area contributed by atoms with E-state index in [1.54, 1.807) is 6.20 Å². The number of ether oxygens (including phenoxy) is 1. The Kier molecular flexibility index (Phi) is 6.67. The predicted molar refractivity (Wildman–Crippen MR) is 106 cm³/mol. The monoisotopic (exact) mass is 464 g/mol. The molecule has 0 spiro atoms. The van der Waals surface area contributed by atoms with Crippen LogP contribution in [0.4, 0.5) is 0 Å². The number of rotatable bonds is 8. The zero-order chi connectivity index (χ0) is 17.5. The lowest BCUT2D eigenvalue weighted by atomic mass is 10.2. The molecule has 1 aromatic carbocycles. The van der Waals surface area contributed by atoms with E-state index in [4.69, 9.17) is 9.15 Å². The van der Waals surface area contributed by atoms with E-state index < -0.39 is 0 Å². The molecule has 0 aliphatic carbocycles. The van der Waals surface area contributed by atoms with Crippen molar-refractivity contribution >= 4 is 31.9 Å². The van der Waals surface area contributed by atoms with Gasteiger partial charge in [0.2, 0.25) is 5.88 Å². The van der Waals surface area contributed by atoms with Crippen molar-refractivity contribution in [2.24, 2.45) is 0 Å². The summed E-state index contributed by atoms with van der Waals surface area (Å²) in [5, 5.41) is 3.36. The van der Waals surface area contributed by atoms with E-state index in [9.17, 15) is 0 Å². The topological polar surface area (TPSA) is 47.3 Å². The smallest absolute Gasteiger partial charge is 0.213 e. The molecule has 4 nitrogen and oxygen atoms in total. The summed E-state index contributed by atoms with van der Waals surface area (Å²) >= 11 is 7.03. The first-order chi connectivity index (χ1) is 12.2. The summed E-state index contributed by atoms with van der Waals surface area (Å²) in [6.07, 6.45) is 2.63. The van der Waals surface area contributed by atoms with Gasteiger partial charge in [-0.05, 0) is 65.3 Å². The number of nitrogens with zero attached hydrogens (tertiary/aromatic N) is 1. The molecular weight excluding hydrogens is 448 g/mol. The first-order valence-electron chi connectivity index (χ1n) is 8.01. The molecule has 0 bridgehead atoms. The number of aromatic nitrogens is 1. The molecule has 1 N–H and O–H groups in total. The van der Waals surface area contributed by atoms with Crippen LogP contribution in [-0.2, 0) is 6.54 Å². The van der Waals surface area contributed by atoms with E-state index in [0.29, 0.717) is 19.0 Å². The Bertz CT molecular complexity index is 806. The Morgan fingerprint density at radius 2 is 2.00 bits per heavy atom. The third-order valence-corrected chi connectivity index (χ3v) is 4.69. The minimum atomic E-state index is 0.638. The van der Waals surface area contributed by atoms with Crippen LogP contribution >= 0.6 is 31.9 Å². The van der Waals surface area contributed by atoms with Crippen molar-refractivity contribution in [1.82, 2.24) is 10.3 Å². The van der Waals surface area contributed by atoms with Crippen molar-refractivity contribution in [2.75, 3.05) is 13.2 Å². The number of hydrogen-bond acceptors (Lipinski definition) is 4. The summed E-state index contributed by atoms with van der Waals surface area (Å²) < 4.78 is 13.5. The van der Waals surface area contributed by atoms with Gasteiger partial charge < -0.3 is 14.5 Å². The number of benzene rings is 1. The molecule has 0 aliphatic heterocycles. The summed E-state index contributed by atoms with van der Waals surface area (Å²) in [6.45, 7) is 2.18. The van der Waals surface area contributed by atoms with Crippen molar-refractivity contribution in [3.63, 3.8) is 0 Å². The molecule has 0 radical (unpaired) electrons. The maximum absolute atomic E-state index is 5.92. The Morgan fingerprint density at radius 3 is 2.80 bits per heavy atom. The SMILES string of the molecule is Brc1ccc(-c2ccc(CNCCCOc3ccccn3)o2)c(Br)c1. The second-order valence-electron chi connectivity index (χ2n) is 5.44. The van der Waals surface area contributed by atoms with Crippen LogP contribution in [0.1, 0.15) is 12.2 Å². The molecule has 0 fully saturated rings. The predicted octanol–water partition coefficient (Wildman–Crippen LogP) is 5.43. The van der Waals surface area contributed by atoms with Gasteiger partial charge in [-0.3, -0.25) is 0 Å². The van der Waals surface area contributed by atoms with Crippen molar-refractivity contribution < 1.29 is 9.15 Å². The number of nitrogens with one attached hydrogen (secondary N) is 1. The van der Waals surface area contributed by atoms with Gasteiger partial charge in [0.05, 0.1) is 13.2 Å². The first kappa shape index (κ1) is 18.2. The van der Waals surface area contributed by atoms with Crippen LogP contribution < -0.4 is 10.1 Å². The molecule has 2 aromatic heterocycles. The molecule has 0 saturated heterocycles. The van der Waals surface area contributed by atoms with Crippen LogP contribution in [0.15, 0.2) is 68.1 Å². The molecule has 0 amide bonds. The normalized spacial score (nSPS) is 10.8. The van der Waals surface area contributed by atoms with E-state index >= 15 is 0 Å². The highest BCUT2D eigenvalue weighted by Gasteiger charge is 2.08. The molecule has 25 heavy (non-hydrogen) atoms. The van der Waals surface area contributed by atoms with Crippen molar-refractivity contribution in [1.29, 1.82) is 0 Å². The lowest BCUT2D eigenvalue weighted by Crippen LogP contribution is -2.16. The van der Waals surface area contributed by atoms with E-state index in [2.05, 4.69) is 42.2 Å². The largest absolute Gasteiger partial charge is 0.478 e. The molecule has 0 unspecified atom stereocenters. The maximum atomic E-state index is 5.92.